The van der Waals surface area contributed by atoms with Gasteiger partial charge in [-0.3, -0.25) is 0 Å². The number of oxazole rings is 1. The van der Waals surface area contributed by atoms with Crippen LogP contribution in [0.2, 0.25) is 0 Å². The van der Waals surface area contributed by atoms with E-state index in [1.165, 1.54) is 18.6 Å². The lowest BCUT2D eigenvalue weighted by Gasteiger charge is -2.41. The third-order valence-corrected chi connectivity index (χ3v) is 9.50. The van der Waals surface area contributed by atoms with Crippen LogP contribution in [-0.4, -0.2) is 44.0 Å². The van der Waals surface area contributed by atoms with Gasteiger partial charge in [0.25, 0.3) is 0 Å². The van der Waals surface area contributed by atoms with Gasteiger partial charge in [-0.15, -0.1) is 10.2 Å². The normalized spacial score (nSPS) is 18.6. The summed E-state index contributed by atoms with van der Waals surface area (Å²) in [4.78, 5) is 9.64. The first-order chi connectivity index (χ1) is 20.9. The Morgan fingerprint density at radius 3 is 2.53 bits per heavy atom. The first kappa shape index (κ1) is 26.6. The molecule has 5 aromatic rings. The first-order valence-corrected chi connectivity index (χ1v) is 14.9. The number of halogens is 2. The Bertz CT molecular complexity index is 1860. The van der Waals surface area contributed by atoms with Crippen molar-refractivity contribution in [3.63, 3.8) is 0 Å². The number of benzene rings is 2. The molecule has 0 bridgehead atoms. The molecular weight excluding hydrogens is 550 g/mol. The zero-order valence-corrected chi connectivity index (χ0v) is 24.2. The average molecular weight is 583 g/mol. The number of hydrogen-bond acceptors (Lipinski definition) is 7. The minimum atomic E-state index is -0.439. The van der Waals surface area contributed by atoms with E-state index in [2.05, 4.69) is 15.5 Å². The molecule has 0 aliphatic heterocycles. The molecule has 3 fully saturated rings. The van der Waals surface area contributed by atoms with Gasteiger partial charge in [0, 0.05) is 43.4 Å². The zero-order valence-electron chi connectivity index (χ0n) is 24.2. The first-order valence-electron chi connectivity index (χ1n) is 14.9. The quantitative estimate of drug-likeness (QED) is 0.208. The van der Waals surface area contributed by atoms with Crippen molar-refractivity contribution >= 4 is 11.1 Å². The van der Waals surface area contributed by atoms with Gasteiger partial charge in [-0.25, -0.2) is 18.7 Å². The second-order valence-corrected chi connectivity index (χ2v) is 12.4. The standard InChI is InChI=1S/C33H32F2N6O2/c1-41-18-37-40-30(41)24-16-22(34)6-7-23(24)20-12-26(19-4-5-19)38-28(13-20)31-39-27-15-21(14-25(35)29(27)43-31)33(10-11-33)36-17-32(42-2)8-3-9-32/h6-7,12-16,18-19,36H,3-5,8-11,17H2,1-2H3. The van der Waals surface area contributed by atoms with Gasteiger partial charge in [-0.1, -0.05) is 6.07 Å². The maximum absolute atomic E-state index is 15.5. The van der Waals surface area contributed by atoms with Crippen LogP contribution in [0, 0.1) is 11.6 Å². The number of aromatic nitrogens is 5. The van der Waals surface area contributed by atoms with Crippen LogP contribution in [0.5, 0.6) is 0 Å². The van der Waals surface area contributed by atoms with Crippen molar-refractivity contribution < 1.29 is 17.9 Å². The van der Waals surface area contributed by atoms with Crippen LogP contribution in [0.4, 0.5) is 8.78 Å². The van der Waals surface area contributed by atoms with Gasteiger partial charge < -0.3 is 19.0 Å². The van der Waals surface area contributed by atoms with Crippen LogP contribution >= 0.6 is 0 Å². The second-order valence-electron chi connectivity index (χ2n) is 12.4. The number of methoxy groups -OCH3 is 1. The zero-order chi connectivity index (χ0) is 29.3. The Labute approximate surface area is 247 Å². The number of fused-ring (bicyclic) bond motifs is 1. The van der Waals surface area contributed by atoms with Crippen LogP contribution in [0.3, 0.4) is 0 Å². The highest BCUT2D eigenvalue weighted by molar-refractivity contribution is 5.83. The van der Waals surface area contributed by atoms with Crippen LogP contribution in [0.15, 0.2) is 53.2 Å². The van der Waals surface area contributed by atoms with Gasteiger partial charge in [0.2, 0.25) is 5.89 Å². The van der Waals surface area contributed by atoms with Crippen LogP contribution in [0.25, 0.3) is 45.2 Å². The van der Waals surface area contributed by atoms with E-state index < -0.39 is 5.82 Å². The third-order valence-electron chi connectivity index (χ3n) is 9.50. The molecule has 0 saturated heterocycles. The van der Waals surface area contributed by atoms with Crippen molar-refractivity contribution in [1.29, 1.82) is 0 Å². The van der Waals surface area contributed by atoms with Crippen molar-refractivity contribution in [3.05, 3.63) is 71.7 Å². The van der Waals surface area contributed by atoms with Gasteiger partial charge in [-0.2, -0.15) is 0 Å². The number of rotatable bonds is 9. The third kappa shape index (κ3) is 4.64. The fourth-order valence-corrected chi connectivity index (χ4v) is 6.31. The van der Waals surface area contributed by atoms with Crippen molar-refractivity contribution in [2.45, 2.75) is 62.0 Å². The number of pyridine rings is 1. The van der Waals surface area contributed by atoms with Gasteiger partial charge in [-0.05, 0) is 98.0 Å². The van der Waals surface area contributed by atoms with Crippen LogP contribution in [-0.2, 0) is 17.3 Å². The second kappa shape index (κ2) is 9.75. The van der Waals surface area contributed by atoms with Crippen molar-refractivity contribution in [1.82, 2.24) is 30.0 Å². The summed E-state index contributed by atoms with van der Waals surface area (Å²) in [6, 6.07) is 12.1. The van der Waals surface area contributed by atoms with E-state index in [-0.39, 0.29) is 28.4 Å². The van der Waals surface area contributed by atoms with Crippen molar-refractivity contribution in [3.8, 4) is 34.1 Å². The molecule has 3 aliphatic carbocycles. The fraction of sp³-hybridized carbons (Fsp3) is 0.394. The number of aryl methyl sites for hydroxylation is 1. The Morgan fingerprint density at radius 2 is 1.86 bits per heavy atom. The molecule has 10 heteroatoms. The van der Waals surface area contributed by atoms with E-state index in [1.807, 2.05) is 25.2 Å². The van der Waals surface area contributed by atoms with Gasteiger partial charge >= 0.3 is 0 Å². The van der Waals surface area contributed by atoms with Crippen LogP contribution in [0.1, 0.15) is 62.1 Å². The summed E-state index contributed by atoms with van der Waals surface area (Å²) in [6.07, 6.45) is 8.79. The predicted octanol–water partition coefficient (Wildman–Crippen LogP) is 6.66. The lowest BCUT2D eigenvalue weighted by Crippen LogP contribution is -2.50. The minimum Gasteiger partial charge on any atom is -0.432 e. The topological polar surface area (TPSA) is 90.9 Å². The van der Waals surface area contributed by atoms with E-state index in [0.29, 0.717) is 28.5 Å². The van der Waals surface area contributed by atoms with E-state index in [0.717, 1.165) is 67.5 Å². The molecule has 3 aromatic heterocycles. The van der Waals surface area contributed by atoms with Crippen LogP contribution < -0.4 is 5.32 Å². The molecule has 3 heterocycles. The molecule has 0 atom stereocenters. The summed E-state index contributed by atoms with van der Waals surface area (Å²) in [6.45, 7) is 0.744. The van der Waals surface area contributed by atoms with Gasteiger partial charge in [0.05, 0.1) is 5.60 Å². The molecular formula is C33H32F2N6O2. The molecule has 8 rings (SSSR count). The Hall–Kier alpha value is -4.02. The number of nitrogens with one attached hydrogen (secondary N) is 1. The highest BCUT2D eigenvalue weighted by atomic mass is 19.1. The smallest absolute Gasteiger partial charge is 0.246 e. The van der Waals surface area contributed by atoms with Gasteiger partial charge in [0.1, 0.15) is 23.4 Å². The van der Waals surface area contributed by atoms with Crippen molar-refractivity contribution in [2.24, 2.45) is 7.05 Å². The lowest BCUT2D eigenvalue weighted by atomic mass is 9.79. The maximum Gasteiger partial charge on any atom is 0.246 e. The highest BCUT2D eigenvalue weighted by Crippen LogP contribution is 2.48. The molecule has 3 aliphatic rings. The minimum absolute atomic E-state index is 0.114. The molecule has 0 amide bonds. The number of hydrogen-bond donors (Lipinski definition) is 1. The number of ether oxygens (including phenoxy) is 1. The maximum atomic E-state index is 15.5. The molecule has 2 aromatic carbocycles. The molecule has 43 heavy (non-hydrogen) atoms. The molecule has 0 spiro atoms. The summed E-state index contributed by atoms with van der Waals surface area (Å²) >= 11 is 0. The molecule has 0 unspecified atom stereocenters. The highest BCUT2D eigenvalue weighted by Gasteiger charge is 2.47. The summed E-state index contributed by atoms with van der Waals surface area (Å²) in [5.74, 6) is 0.330. The SMILES string of the molecule is COC1(CNC2(c3cc(F)c4oc(-c5cc(-c6ccc(F)cc6-c6nncn6C)cc(C6CC6)n5)nc4c3)CC2)CCC1. The molecule has 3 saturated carbocycles. The van der Waals surface area contributed by atoms with E-state index >= 15 is 4.39 Å². The van der Waals surface area contributed by atoms with E-state index in [9.17, 15) is 4.39 Å². The molecule has 1 N–H and O–H groups in total. The summed E-state index contributed by atoms with van der Waals surface area (Å²) in [7, 11) is 3.59. The predicted molar refractivity (Wildman–Crippen MR) is 157 cm³/mol. The largest absolute Gasteiger partial charge is 0.432 e. The lowest BCUT2D eigenvalue weighted by molar-refractivity contribution is -0.0715. The molecule has 0 radical (unpaired) electrons. The molecule has 220 valence electrons. The Balaban J connectivity index is 1.18. The summed E-state index contributed by atoms with van der Waals surface area (Å²) in [5.41, 5.74) is 4.72. The number of nitrogens with zero attached hydrogens (tertiary/aromatic N) is 5. The fourth-order valence-electron chi connectivity index (χ4n) is 6.31. The van der Waals surface area contributed by atoms with E-state index in [1.54, 1.807) is 30.1 Å². The monoisotopic (exact) mass is 582 g/mol. The molecule has 8 nitrogen and oxygen atoms in total. The van der Waals surface area contributed by atoms with Gasteiger partial charge in [0.15, 0.2) is 17.2 Å². The Morgan fingerprint density at radius 1 is 1.02 bits per heavy atom. The summed E-state index contributed by atoms with van der Waals surface area (Å²) < 4.78 is 43.6. The van der Waals surface area contributed by atoms with E-state index in [4.69, 9.17) is 19.1 Å². The average Bonchev–Trinajstić information content (AvgIpc) is 3.90. The summed E-state index contributed by atoms with van der Waals surface area (Å²) in [5, 5.41) is 11.9. The Kier molecular flexibility index (Phi) is 6.03. The van der Waals surface area contributed by atoms with Crippen molar-refractivity contribution in [2.75, 3.05) is 13.7 Å².